The fourth-order valence-corrected chi connectivity index (χ4v) is 5.43. The molecule has 4 heterocycles. The molecule has 3 aromatic rings. The zero-order chi connectivity index (χ0) is 17.5. The number of hydrogen-bond acceptors (Lipinski definition) is 7. The van der Waals surface area contributed by atoms with Crippen molar-refractivity contribution in [2.24, 2.45) is 0 Å². The van der Waals surface area contributed by atoms with E-state index < -0.39 is 0 Å². The summed E-state index contributed by atoms with van der Waals surface area (Å²) >= 11 is 3.07. The molecule has 7 nitrogen and oxygen atoms in total. The van der Waals surface area contributed by atoms with E-state index in [9.17, 15) is 4.79 Å². The number of benzene rings is 1. The topological polar surface area (TPSA) is 79.4 Å². The summed E-state index contributed by atoms with van der Waals surface area (Å²) < 4.78 is 7.99. The highest BCUT2D eigenvalue weighted by molar-refractivity contribution is 7.24. The molecule has 2 N–H and O–H groups in total. The molecule has 2 bridgehead atoms. The van der Waals surface area contributed by atoms with Crippen LogP contribution >= 0.6 is 22.7 Å². The van der Waals surface area contributed by atoms with Gasteiger partial charge in [-0.1, -0.05) is 11.3 Å². The normalized spacial score (nSPS) is 22.9. The summed E-state index contributed by atoms with van der Waals surface area (Å²) in [4.78, 5) is 23.4. The maximum Gasteiger partial charge on any atom is 0.321 e. The molecular weight excluding hydrogens is 370 g/mol. The Morgan fingerprint density at radius 2 is 2.15 bits per heavy atom. The average Bonchev–Trinajstić information content (AvgIpc) is 3.32. The smallest absolute Gasteiger partial charge is 0.321 e. The number of nitrogens with one attached hydrogen (secondary N) is 2. The molecule has 2 atom stereocenters. The molecule has 0 spiro atoms. The Balaban J connectivity index is 1.17. The second kappa shape index (κ2) is 6.73. The van der Waals surface area contributed by atoms with Crippen molar-refractivity contribution < 1.29 is 9.53 Å². The largest absolute Gasteiger partial charge is 0.372 e. The van der Waals surface area contributed by atoms with Crippen molar-refractivity contribution in [3.05, 3.63) is 17.6 Å². The van der Waals surface area contributed by atoms with E-state index in [4.69, 9.17) is 4.74 Å². The molecule has 26 heavy (non-hydrogen) atoms. The Bertz CT molecular complexity index is 943. The molecule has 1 aromatic carbocycles. The fourth-order valence-electron chi connectivity index (χ4n) is 3.72. The summed E-state index contributed by atoms with van der Waals surface area (Å²) in [6, 6.07) is 3.78. The second-order valence-corrected chi connectivity index (χ2v) is 8.62. The highest BCUT2D eigenvalue weighted by Gasteiger charge is 2.33. The third kappa shape index (κ3) is 3.16. The Hall–Kier alpha value is -1.81. The van der Waals surface area contributed by atoms with Crippen molar-refractivity contribution in [3.63, 3.8) is 0 Å². The van der Waals surface area contributed by atoms with Gasteiger partial charge < -0.3 is 10.1 Å². The Morgan fingerprint density at radius 1 is 1.31 bits per heavy atom. The first kappa shape index (κ1) is 16.4. The number of rotatable bonds is 4. The standard InChI is InChI=1S/C17H19N5O2S2/c23-16(18-5-6-22-7-10-1-2-11(8-22)24-10)21-17-20-12-3-4-13-14(15(12)26-17)19-9-25-13/h3-4,9-11H,1-2,5-8H2,(H2,18,20,21,23). The number of morpholine rings is 1. The van der Waals surface area contributed by atoms with Crippen LogP contribution in [0.25, 0.3) is 20.4 Å². The molecule has 2 saturated heterocycles. The number of thiazole rings is 2. The SMILES string of the molecule is O=C(NCCN1CC2CCC(C1)O2)Nc1nc2ccc3scnc3c2s1. The van der Waals surface area contributed by atoms with Crippen molar-refractivity contribution in [2.75, 3.05) is 31.5 Å². The van der Waals surface area contributed by atoms with E-state index in [0.717, 1.165) is 40.1 Å². The number of amides is 2. The van der Waals surface area contributed by atoms with Crippen LogP contribution in [0.3, 0.4) is 0 Å². The molecule has 2 aliphatic rings. The Labute approximate surface area is 158 Å². The molecule has 2 aliphatic heterocycles. The van der Waals surface area contributed by atoms with E-state index in [1.165, 1.54) is 24.2 Å². The molecule has 0 saturated carbocycles. The lowest BCUT2D eigenvalue weighted by Crippen LogP contribution is -2.46. The fraction of sp³-hybridized carbons (Fsp3) is 0.471. The molecule has 0 radical (unpaired) electrons. The van der Waals surface area contributed by atoms with E-state index in [-0.39, 0.29) is 6.03 Å². The van der Waals surface area contributed by atoms with E-state index in [1.807, 2.05) is 17.6 Å². The van der Waals surface area contributed by atoms with Crippen molar-refractivity contribution in [1.82, 2.24) is 20.2 Å². The number of nitrogens with zero attached hydrogens (tertiary/aromatic N) is 3. The summed E-state index contributed by atoms with van der Waals surface area (Å²) in [5.41, 5.74) is 3.66. The van der Waals surface area contributed by atoms with Gasteiger partial charge in [0.1, 0.15) is 5.52 Å². The second-order valence-electron chi connectivity index (χ2n) is 6.73. The maximum atomic E-state index is 12.2. The van der Waals surface area contributed by atoms with Crippen LogP contribution in [0.15, 0.2) is 17.6 Å². The number of urea groups is 1. The van der Waals surface area contributed by atoms with Crippen LogP contribution in [0.2, 0.25) is 0 Å². The molecule has 136 valence electrons. The first-order valence-electron chi connectivity index (χ1n) is 8.80. The lowest BCUT2D eigenvalue weighted by atomic mass is 10.2. The van der Waals surface area contributed by atoms with Crippen molar-refractivity contribution in [2.45, 2.75) is 25.0 Å². The maximum absolute atomic E-state index is 12.2. The van der Waals surface area contributed by atoms with Crippen LogP contribution < -0.4 is 10.6 Å². The number of ether oxygens (including phenoxy) is 1. The minimum atomic E-state index is -0.213. The van der Waals surface area contributed by atoms with E-state index in [1.54, 1.807) is 11.3 Å². The summed E-state index contributed by atoms with van der Waals surface area (Å²) in [6.07, 6.45) is 3.10. The van der Waals surface area contributed by atoms with Gasteiger partial charge in [-0.2, -0.15) is 0 Å². The van der Waals surface area contributed by atoms with Gasteiger partial charge in [0.2, 0.25) is 0 Å². The van der Waals surface area contributed by atoms with Crippen molar-refractivity contribution in [3.8, 4) is 0 Å². The first-order chi connectivity index (χ1) is 12.7. The molecule has 2 unspecified atom stereocenters. The van der Waals surface area contributed by atoms with E-state index in [0.29, 0.717) is 23.9 Å². The number of aromatic nitrogens is 2. The highest BCUT2D eigenvalue weighted by Crippen LogP contribution is 2.33. The van der Waals surface area contributed by atoms with Crippen molar-refractivity contribution in [1.29, 1.82) is 0 Å². The van der Waals surface area contributed by atoms with Crippen molar-refractivity contribution >= 4 is 54.3 Å². The molecule has 2 aromatic heterocycles. The zero-order valence-electron chi connectivity index (χ0n) is 14.1. The van der Waals surface area contributed by atoms with Crippen LogP contribution in [0.1, 0.15) is 12.8 Å². The minimum absolute atomic E-state index is 0.213. The summed E-state index contributed by atoms with van der Waals surface area (Å²) in [6.45, 7) is 3.41. The number of fused-ring (bicyclic) bond motifs is 5. The van der Waals surface area contributed by atoms with Gasteiger partial charge in [-0.25, -0.2) is 14.8 Å². The molecule has 2 fully saturated rings. The third-order valence-electron chi connectivity index (χ3n) is 4.91. The number of likely N-dealkylation sites (tertiary alicyclic amines) is 1. The summed E-state index contributed by atoms with van der Waals surface area (Å²) in [5, 5.41) is 6.37. The van der Waals surface area contributed by atoms with Gasteiger partial charge in [0.05, 0.1) is 32.6 Å². The van der Waals surface area contributed by atoms with Gasteiger partial charge in [0, 0.05) is 26.2 Å². The number of hydrogen-bond donors (Lipinski definition) is 2. The van der Waals surface area contributed by atoms with Gasteiger partial charge in [0.25, 0.3) is 0 Å². The number of carbonyl (C=O) groups is 1. The van der Waals surface area contributed by atoms with Gasteiger partial charge in [-0.3, -0.25) is 10.2 Å². The Kier molecular flexibility index (Phi) is 4.24. The predicted octanol–water partition coefficient (Wildman–Crippen LogP) is 2.89. The summed E-state index contributed by atoms with van der Waals surface area (Å²) in [7, 11) is 0. The number of carbonyl (C=O) groups excluding carboxylic acids is 1. The average molecular weight is 390 g/mol. The van der Waals surface area contributed by atoms with E-state index in [2.05, 4.69) is 25.5 Å². The van der Waals surface area contributed by atoms with Gasteiger partial charge in [-0.05, 0) is 25.0 Å². The molecule has 5 rings (SSSR count). The lowest BCUT2D eigenvalue weighted by Gasteiger charge is -2.31. The van der Waals surface area contributed by atoms with Gasteiger partial charge >= 0.3 is 6.03 Å². The minimum Gasteiger partial charge on any atom is -0.372 e. The monoisotopic (exact) mass is 389 g/mol. The Morgan fingerprint density at radius 3 is 3.00 bits per heavy atom. The van der Waals surface area contributed by atoms with Crippen LogP contribution in [0.4, 0.5) is 9.93 Å². The zero-order valence-corrected chi connectivity index (χ0v) is 15.7. The highest BCUT2D eigenvalue weighted by atomic mass is 32.1. The van der Waals surface area contributed by atoms with Crippen LogP contribution in [-0.2, 0) is 4.74 Å². The third-order valence-corrected chi connectivity index (χ3v) is 6.70. The predicted molar refractivity (Wildman–Crippen MR) is 104 cm³/mol. The molecular formula is C17H19N5O2S2. The quantitative estimate of drug-likeness (QED) is 0.717. The number of anilines is 1. The van der Waals surface area contributed by atoms with Crippen LogP contribution in [-0.4, -0.2) is 59.3 Å². The molecule has 0 aliphatic carbocycles. The van der Waals surface area contributed by atoms with Crippen LogP contribution in [0.5, 0.6) is 0 Å². The van der Waals surface area contributed by atoms with Gasteiger partial charge in [-0.15, -0.1) is 11.3 Å². The summed E-state index contributed by atoms with van der Waals surface area (Å²) in [5.74, 6) is 0. The lowest BCUT2D eigenvalue weighted by molar-refractivity contribution is -0.0374. The van der Waals surface area contributed by atoms with E-state index >= 15 is 0 Å². The molecule has 9 heteroatoms. The van der Waals surface area contributed by atoms with Gasteiger partial charge in [0.15, 0.2) is 5.13 Å². The molecule has 2 amide bonds. The van der Waals surface area contributed by atoms with Crippen LogP contribution in [0, 0.1) is 0 Å². The first-order valence-corrected chi connectivity index (χ1v) is 10.5.